The lowest BCUT2D eigenvalue weighted by atomic mass is 10.4. The first-order valence-corrected chi connectivity index (χ1v) is 3.87. The third-order valence-corrected chi connectivity index (χ3v) is 2.12. The van der Waals surface area contributed by atoms with Crippen molar-refractivity contribution in [3.05, 3.63) is 23.5 Å². The minimum absolute atomic E-state index is 0.664. The Bertz CT molecular complexity index is 357. The number of halogens is 1. The molecule has 0 radical (unpaired) electrons. The largest absolute Gasteiger partial charge is 0.252 e. The molecule has 0 aliphatic heterocycles. The number of hydrogen-bond acceptors (Lipinski definition) is 3. The number of pyridine rings is 1. The molecular formula is C6H3ClN2S. The van der Waals surface area contributed by atoms with E-state index in [4.69, 9.17) is 11.6 Å². The van der Waals surface area contributed by atoms with E-state index < -0.39 is 0 Å². The lowest BCUT2D eigenvalue weighted by Gasteiger charge is -1.85. The van der Waals surface area contributed by atoms with Crippen LogP contribution in [0.15, 0.2) is 18.5 Å². The van der Waals surface area contributed by atoms with Crippen LogP contribution >= 0.6 is 23.1 Å². The first kappa shape index (κ1) is 6.07. The molecule has 4 heteroatoms. The van der Waals surface area contributed by atoms with Gasteiger partial charge >= 0.3 is 0 Å². The van der Waals surface area contributed by atoms with Crippen LogP contribution < -0.4 is 0 Å². The fraction of sp³-hybridized carbons (Fsp3) is 0. The number of rotatable bonds is 0. The third-order valence-electron chi connectivity index (χ3n) is 1.17. The van der Waals surface area contributed by atoms with Crippen LogP contribution in [0.2, 0.25) is 5.02 Å². The zero-order valence-corrected chi connectivity index (χ0v) is 6.49. The Labute approximate surface area is 66.6 Å². The van der Waals surface area contributed by atoms with Gasteiger partial charge < -0.3 is 0 Å². The average molecular weight is 171 g/mol. The second kappa shape index (κ2) is 2.18. The molecule has 0 N–H and O–H groups in total. The van der Waals surface area contributed by atoms with Crippen molar-refractivity contribution in [2.75, 3.05) is 0 Å². The van der Waals surface area contributed by atoms with E-state index in [9.17, 15) is 0 Å². The predicted octanol–water partition coefficient (Wildman–Crippen LogP) is 2.34. The Hall–Kier alpha value is -0.670. The van der Waals surface area contributed by atoms with E-state index in [-0.39, 0.29) is 0 Å². The smallest absolute Gasteiger partial charge is 0.101 e. The van der Waals surface area contributed by atoms with Gasteiger partial charge in [-0.1, -0.05) is 11.6 Å². The average Bonchev–Trinajstić information content (AvgIpc) is 2.33. The van der Waals surface area contributed by atoms with Crippen molar-refractivity contribution in [1.29, 1.82) is 0 Å². The monoisotopic (exact) mass is 170 g/mol. The van der Waals surface area contributed by atoms with Crippen LogP contribution in [-0.4, -0.2) is 9.36 Å². The summed E-state index contributed by atoms with van der Waals surface area (Å²) in [7, 11) is 0. The van der Waals surface area contributed by atoms with Gasteiger partial charge in [0.25, 0.3) is 0 Å². The van der Waals surface area contributed by atoms with Crippen LogP contribution in [0.3, 0.4) is 0 Å². The van der Waals surface area contributed by atoms with Crippen molar-refractivity contribution in [2.45, 2.75) is 0 Å². The number of aromatic nitrogens is 2. The van der Waals surface area contributed by atoms with Crippen molar-refractivity contribution in [3.8, 4) is 0 Å². The molecule has 0 bridgehead atoms. The number of nitrogens with zero attached hydrogens (tertiary/aromatic N) is 2. The lowest BCUT2D eigenvalue weighted by molar-refractivity contribution is 1.41. The summed E-state index contributed by atoms with van der Waals surface area (Å²) in [4.78, 5) is 4.06. The molecule has 10 heavy (non-hydrogen) atoms. The first-order chi connectivity index (χ1) is 4.86. The topological polar surface area (TPSA) is 25.8 Å². The molecule has 2 heterocycles. The zero-order valence-electron chi connectivity index (χ0n) is 4.91. The molecule has 0 fully saturated rings. The Morgan fingerprint density at radius 2 is 2.30 bits per heavy atom. The summed E-state index contributed by atoms with van der Waals surface area (Å²) < 4.78 is 5.00. The molecule has 0 unspecified atom stereocenters. The number of hydrogen-bond donors (Lipinski definition) is 0. The Morgan fingerprint density at radius 3 is 3.20 bits per heavy atom. The molecule has 50 valence electrons. The summed E-state index contributed by atoms with van der Waals surface area (Å²) in [5, 5.41) is 0.664. The van der Waals surface area contributed by atoms with Crippen LogP contribution in [0.1, 0.15) is 0 Å². The molecule has 0 atom stereocenters. The van der Waals surface area contributed by atoms with Gasteiger partial charge in [-0.25, -0.2) is 0 Å². The fourth-order valence-electron chi connectivity index (χ4n) is 0.734. The van der Waals surface area contributed by atoms with E-state index >= 15 is 0 Å². The van der Waals surface area contributed by atoms with E-state index in [1.165, 1.54) is 11.5 Å². The van der Waals surface area contributed by atoms with Crippen molar-refractivity contribution in [3.63, 3.8) is 0 Å². The van der Waals surface area contributed by atoms with Crippen LogP contribution in [0.4, 0.5) is 0 Å². The van der Waals surface area contributed by atoms with Gasteiger partial charge in [-0.3, -0.25) is 4.98 Å². The summed E-state index contributed by atoms with van der Waals surface area (Å²) >= 11 is 7.10. The van der Waals surface area contributed by atoms with Crippen LogP contribution in [0.5, 0.6) is 0 Å². The third kappa shape index (κ3) is 0.874. The minimum Gasteiger partial charge on any atom is -0.252 e. The molecule has 0 amide bonds. The van der Waals surface area contributed by atoms with Crippen LogP contribution in [0.25, 0.3) is 10.2 Å². The van der Waals surface area contributed by atoms with Crippen LogP contribution in [0, 0.1) is 0 Å². The van der Waals surface area contributed by atoms with E-state index in [1.54, 1.807) is 12.4 Å². The summed E-state index contributed by atoms with van der Waals surface area (Å²) in [6, 6.07) is 1.86. The maximum absolute atomic E-state index is 5.69. The van der Waals surface area contributed by atoms with Gasteiger partial charge in [0.15, 0.2) is 0 Å². The highest BCUT2D eigenvalue weighted by Gasteiger charge is 1.96. The van der Waals surface area contributed by atoms with Gasteiger partial charge in [0.05, 0.1) is 15.9 Å². The minimum atomic E-state index is 0.664. The summed E-state index contributed by atoms with van der Waals surface area (Å²) in [5.41, 5.74) is 0.911. The maximum Gasteiger partial charge on any atom is 0.101 e. The summed E-state index contributed by atoms with van der Waals surface area (Å²) in [6.45, 7) is 0. The standard InChI is InChI=1S/C6H3ClN2S/c7-4-1-6-5(8-2-4)3-9-10-6/h1-3H. The van der Waals surface area contributed by atoms with Gasteiger partial charge in [-0.2, -0.15) is 4.37 Å². The molecule has 0 spiro atoms. The molecule has 2 rings (SSSR count). The van der Waals surface area contributed by atoms with Crippen molar-refractivity contribution in [2.24, 2.45) is 0 Å². The zero-order chi connectivity index (χ0) is 6.97. The summed E-state index contributed by atoms with van der Waals surface area (Å²) in [5.74, 6) is 0. The Balaban J connectivity index is 2.86. The van der Waals surface area contributed by atoms with Crippen molar-refractivity contribution < 1.29 is 0 Å². The maximum atomic E-state index is 5.69. The van der Waals surface area contributed by atoms with Crippen molar-refractivity contribution >= 4 is 33.4 Å². The molecule has 0 saturated heterocycles. The SMILES string of the molecule is Clc1cnc2cnsc2c1. The first-order valence-electron chi connectivity index (χ1n) is 2.72. The van der Waals surface area contributed by atoms with Gasteiger partial charge in [0, 0.05) is 6.20 Å². The summed E-state index contributed by atoms with van der Waals surface area (Å²) in [6.07, 6.45) is 3.36. The van der Waals surface area contributed by atoms with E-state index in [2.05, 4.69) is 9.36 Å². The fourth-order valence-corrected chi connectivity index (χ4v) is 1.60. The second-order valence-electron chi connectivity index (χ2n) is 1.86. The van der Waals surface area contributed by atoms with Gasteiger partial charge in [-0.05, 0) is 17.6 Å². The highest BCUT2D eigenvalue weighted by molar-refractivity contribution is 7.13. The molecule has 2 nitrogen and oxygen atoms in total. The Morgan fingerprint density at radius 1 is 1.40 bits per heavy atom. The second-order valence-corrected chi connectivity index (χ2v) is 3.13. The molecule has 2 aromatic heterocycles. The van der Waals surface area contributed by atoms with E-state index in [0.717, 1.165) is 10.2 Å². The van der Waals surface area contributed by atoms with Gasteiger partial charge in [-0.15, -0.1) is 0 Å². The number of fused-ring (bicyclic) bond motifs is 1. The van der Waals surface area contributed by atoms with Crippen molar-refractivity contribution in [1.82, 2.24) is 9.36 Å². The van der Waals surface area contributed by atoms with E-state index in [0.29, 0.717) is 5.02 Å². The normalized spacial score (nSPS) is 10.5. The molecule has 0 aliphatic rings. The molecule has 2 aromatic rings. The highest BCUT2D eigenvalue weighted by atomic mass is 35.5. The van der Waals surface area contributed by atoms with E-state index in [1.807, 2.05) is 6.07 Å². The molecule has 0 aromatic carbocycles. The molecule has 0 aliphatic carbocycles. The van der Waals surface area contributed by atoms with Crippen LogP contribution in [-0.2, 0) is 0 Å². The highest BCUT2D eigenvalue weighted by Crippen LogP contribution is 2.18. The predicted molar refractivity (Wildman–Crippen MR) is 42.4 cm³/mol. The van der Waals surface area contributed by atoms with Gasteiger partial charge in [0.1, 0.15) is 5.52 Å². The lowest BCUT2D eigenvalue weighted by Crippen LogP contribution is -1.69. The quantitative estimate of drug-likeness (QED) is 0.607. The molecular weight excluding hydrogens is 168 g/mol. The Kier molecular flexibility index (Phi) is 1.32. The van der Waals surface area contributed by atoms with Gasteiger partial charge in [0.2, 0.25) is 0 Å². The molecule has 0 saturated carbocycles.